The van der Waals surface area contributed by atoms with Crippen LogP contribution in [0.1, 0.15) is 11.6 Å². The summed E-state index contributed by atoms with van der Waals surface area (Å²) in [5.74, 6) is 1.01. The Bertz CT molecular complexity index is 594. The fourth-order valence-corrected chi connectivity index (χ4v) is 3.47. The van der Waals surface area contributed by atoms with E-state index >= 15 is 0 Å². The van der Waals surface area contributed by atoms with Crippen LogP contribution < -0.4 is 5.32 Å². The molecule has 2 aromatic rings. The molecule has 4 heteroatoms. The SMILES string of the molecule is CSc1ccc(NC2=NC(c3ccccc3)CS2)cc1. The molecule has 2 aromatic carbocycles. The molecule has 0 aliphatic carbocycles. The van der Waals surface area contributed by atoms with Crippen molar-refractivity contribution in [2.45, 2.75) is 10.9 Å². The van der Waals surface area contributed by atoms with E-state index in [4.69, 9.17) is 4.99 Å². The van der Waals surface area contributed by atoms with Crippen molar-refractivity contribution in [3.63, 3.8) is 0 Å². The molecule has 1 atom stereocenters. The lowest BCUT2D eigenvalue weighted by Crippen LogP contribution is -2.04. The van der Waals surface area contributed by atoms with Gasteiger partial charge in [-0.05, 0) is 36.1 Å². The first-order chi connectivity index (χ1) is 9.85. The van der Waals surface area contributed by atoms with Crippen LogP contribution in [0.3, 0.4) is 0 Å². The van der Waals surface area contributed by atoms with Crippen LogP contribution in [0.25, 0.3) is 0 Å². The molecule has 2 nitrogen and oxygen atoms in total. The first kappa shape index (κ1) is 13.6. The van der Waals surface area contributed by atoms with Gasteiger partial charge in [0.25, 0.3) is 0 Å². The maximum Gasteiger partial charge on any atom is 0.161 e. The number of hydrogen-bond donors (Lipinski definition) is 1. The van der Waals surface area contributed by atoms with Crippen molar-refractivity contribution < 1.29 is 0 Å². The highest BCUT2D eigenvalue weighted by Crippen LogP contribution is 2.30. The van der Waals surface area contributed by atoms with Gasteiger partial charge < -0.3 is 5.32 Å². The lowest BCUT2D eigenvalue weighted by Gasteiger charge is -2.05. The molecule has 0 fully saturated rings. The molecule has 0 spiro atoms. The maximum atomic E-state index is 4.76. The summed E-state index contributed by atoms with van der Waals surface area (Å²) in [7, 11) is 0. The molecule has 0 saturated heterocycles. The quantitative estimate of drug-likeness (QED) is 0.834. The predicted octanol–water partition coefficient (Wildman–Crippen LogP) is 4.66. The maximum absolute atomic E-state index is 4.76. The summed E-state index contributed by atoms with van der Waals surface area (Å²) < 4.78 is 0. The lowest BCUT2D eigenvalue weighted by atomic mass is 10.1. The number of benzene rings is 2. The number of anilines is 1. The highest BCUT2D eigenvalue weighted by molar-refractivity contribution is 8.14. The van der Waals surface area contributed by atoms with Gasteiger partial charge in [-0.3, -0.25) is 4.99 Å². The zero-order valence-corrected chi connectivity index (χ0v) is 12.9. The van der Waals surface area contributed by atoms with Crippen LogP contribution in [-0.4, -0.2) is 17.2 Å². The Morgan fingerprint density at radius 3 is 2.55 bits per heavy atom. The number of aliphatic imine (C=N–C) groups is 1. The van der Waals surface area contributed by atoms with Crippen molar-refractivity contribution in [2.24, 2.45) is 4.99 Å². The Morgan fingerprint density at radius 2 is 1.85 bits per heavy atom. The molecule has 1 N–H and O–H groups in total. The van der Waals surface area contributed by atoms with Crippen molar-refractivity contribution in [1.29, 1.82) is 0 Å². The van der Waals surface area contributed by atoms with Gasteiger partial charge in [-0.1, -0.05) is 42.1 Å². The summed E-state index contributed by atoms with van der Waals surface area (Å²) in [6.45, 7) is 0. The second kappa shape index (κ2) is 6.37. The van der Waals surface area contributed by atoms with E-state index in [1.165, 1.54) is 10.5 Å². The van der Waals surface area contributed by atoms with Crippen molar-refractivity contribution >= 4 is 34.4 Å². The molecule has 0 radical (unpaired) electrons. The Hall–Kier alpha value is -1.39. The van der Waals surface area contributed by atoms with E-state index in [0.29, 0.717) is 0 Å². The molecular formula is C16H16N2S2. The number of thioether (sulfide) groups is 2. The van der Waals surface area contributed by atoms with Gasteiger partial charge >= 0.3 is 0 Å². The minimum atomic E-state index is 0.272. The third-order valence-electron chi connectivity index (χ3n) is 3.18. The van der Waals surface area contributed by atoms with E-state index in [-0.39, 0.29) is 6.04 Å². The van der Waals surface area contributed by atoms with Crippen LogP contribution in [0.2, 0.25) is 0 Å². The van der Waals surface area contributed by atoms with Gasteiger partial charge in [-0.2, -0.15) is 0 Å². The highest BCUT2D eigenvalue weighted by atomic mass is 32.2. The van der Waals surface area contributed by atoms with Gasteiger partial charge in [0.15, 0.2) is 5.17 Å². The molecule has 1 unspecified atom stereocenters. The Labute approximate surface area is 128 Å². The van der Waals surface area contributed by atoms with E-state index in [2.05, 4.69) is 60.1 Å². The Kier molecular flexibility index (Phi) is 4.33. The van der Waals surface area contributed by atoms with Gasteiger partial charge in [-0.25, -0.2) is 0 Å². The van der Waals surface area contributed by atoms with E-state index in [0.717, 1.165) is 16.6 Å². The van der Waals surface area contributed by atoms with Crippen molar-refractivity contribution in [2.75, 3.05) is 17.3 Å². The summed E-state index contributed by atoms with van der Waals surface area (Å²) in [5.41, 5.74) is 2.39. The third kappa shape index (κ3) is 3.19. The molecule has 1 aliphatic heterocycles. The summed E-state index contributed by atoms with van der Waals surface area (Å²) in [4.78, 5) is 6.04. The predicted molar refractivity (Wildman–Crippen MR) is 90.9 cm³/mol. The molecule has 102 valence electrons. The van der Waals surface area contributed by atoms with Crippen LogP contribution in [-0.2, 0) is 0 Å². The number of nitrogens with one attached hydrogen (secondary N) is 1. The molecular weight excluding hydrogens is 284 g/mol. The van der Waals surface area contributed by atoms with Gasteiger partial charge in [0.05, 0.1) is 6.04 Å². The van der Waals surface area contributed by atoms with Crippen LogP contribution >= 0.6 is 23.5 Å². The van der Waals surface area contributed by atoms with Crippen molar-refractivity contribution in [1.82, 2.24) is 0 Å². The van der Waals surface area contributed by atoms with E-state index in [1.807, 2.05) is 6.07 Å². The smallest absolute Gasteiger partial charge is 0.161 e. The Morgan fingerprint density at radius 1 is 1.10 bits per heavy atom. The average Bonchev–Trinajstić information content (AvgIpc) is 2.97. The van der Waals surface area contributed by atoms with Crippen LogP contribution in [0, 0.1) is 0 Å². The molecule has 0 saturated carbocycles. The first-order valence-electron chi connectivity index (χ1n) is 6.52. The number of amidine groups is 1. The van der Waals surface area contributed by atoms with Crippen molar-refractivity contribution in [3.8, 4) is 0 Å². The first-order valence-corrected chi connectivity index (χ1v) is 8.73. The molecule has 0 aromatic heterocycles. The van der Waals surface area contributed by atoms with Gasteiger partial charge in [0, 0.05) is 16.3 Å². The number of rotatable bonds is 3. The highest BCUT2D eigenvalue weighted by Gasteiger charge is 2.19. The van der Waals surface area contributed by atoms with Crippen LogP contribution in [0.4, 0.5) is 5.69 Å². The molecule has 0 bridgehead atoms. The summed E-state index contributed by atoms with van der Waals surface area (Å²) in [5, 5.41) is 4.41. The zero-order chi connectivity index (χ0) is 13.8. The normalized spacial score (nSPS) is 17.9. The second-order valence-corrected chi connectivity index (χ2v) is 6.41. The fourth-order valence-electron chi connectivity index (χ4n) is 2.09. The number of hydrogen-bond acceptors (Lipinski definition) is 4. The van der Waals surface area contributed by atoms with Gasteiger partial charge in [0.1, 0.15) is 0 Å². The molecule has 1 heterocycles. The van der Waals surface area contributed by atoms with E-state index in [1.54, 1.807) is 23.5 Å². The van der Waals surface area contributed by atoms with Gasteiger partial charge in [-0.15, -0.1) is 11.8 Å². The van der Waals surface area contributed by atoms with E-state index < -0.39 is 0 Å². The number of nitrogens with zero attached hydrogens (tertiary/aromatic N) is 1. The average molecular weight is 300 g/mol. The minimum absolute atomic E-state index is 0.272. The minimum Gasteiger partial charge on any atom is -0.335 e. The van der Waals surface area contributed by atoms with E-state index in [9.17, 15) is 0 Å². The summed E-state index contributed by atoms with van der Waals surface area (Å²) in [6, 6.07) is 19.2. The standard InChI is InChI=1S/C16H16N2S2/c1-19-14-9-7-13(8-10-14)17-16-18-15(11-20-16)12-5-3-2-4-6-12/h2-10,15H,11H2,1H3,(H,17,18). The largest absolute Gasteiger partial charge is 0.335 e. The molecule has 1 aliphatic rings. The lowest BCUT2D eigenvalue weighted by molar-refractivity contribution is 0.849. The summed E-state index contributed by atoms with van der Waals surface area (Å²) in [6.07, 6.45) is 2.09. The third-order valence-corrected chi connectivity index (χ3v) is 4.88. The van der Waals surface area contributed by atoms with Gasteiger partial charge in [0.2, 0.25) is 0 Å². The molecule has 20 heavy (non-hydrogen) atoms. The molecule has 0 amide bonds. The topological polar surface area (TPSA) is 24.4 Å². The fraction of sp³-hybridized carbons (Fsp3) is 0.188. The zero-order valence-electron chi connectivity index (χ0n) is 11.2. The second-order valence-electron chi connectivity index (χ2n) is 4.53. The monoisotopic (exact) mass is 300 g/mol. The Balaban J connectivity index is 1.69. The molecule has 3 rings (SSSR count). The van der Waals surface area contributed by atoms with Crippen molar-refractivity contribution in [3.05, 3.63) is 60.2 Å². The van der Waals surface area contributed by atoms with Crippen LogP contribution in [0.5, 0.6) is 0 Å². The summed E-state index contributed by atoms with van der Waals surface area (Å²) >= 11 is 3.54. The van der Waals surface area contributed by atoms with Crippen LogP contribution in [0.15, 0.2) is 64.5 Å².